The van der Waals surface area contributed by atoms with Crippen molar-refractivity contribution in [2.45, 2.75) is 45.6 Å². The molecule has 1 aliphatic rings. The van der Waals surface area contributed by atoms with Crippen molar-refractivity contribution in [3.8, 4) is 0 Å². The number of likely N-dealkylation sites (tertiary alicyclic amines) is 1. The van der Waals surface area contributed by atoms with Crippen LogP contribution in [0.2, 0.25) is 0 Å². The number of sulfonamides is 1. The highest BCUT2D eigenvalue weighted by Crippen LogP contribution is 2.24. The Kier molecular flexibility index (Phi) is 7.99. The number of piperidine rings is 1. The lowest BCUT2D eigenvalue weighted by Crippen LogP contribution is -2.42. The van der Waals surface area contributed by atoms with E-state index in [9.17, 15) is 13.2 Å². The van der Waals surface area contributed by atoms with Crippen molar-refractivity contribution in [2.75, 3.05) is 30.7 Å². The van der Waals surface area contributed by atoms with Crippen molar-refractivity contribution in [1.29, 1.82) is 0 Å². The number of rotatable bonds is 4. The normalized spacial score (nSPS) is 15.8. The molecule has 0 atom stereocenters. The van der Waals surface area contributed by atoms with E-state index in [4.69, 9.17) is 4.74 Å². The van der Waals surface area contributed by atoms with Crippen molar-refractivity contribution in [1.82, 2.24) is 4.90 Å². The van der Waals surface area contributed by atoms with Crippen LogP contribution in [0.25, 0.3) is 0 Å². The molecule has 0 N–H and O–H groups in total. The maximum absolute atomic E-state index is 12.1. The third-order valence-electron chi connectivity index (χ3n) is 4.59. The minimum Gasteiger partial charge on any atom is -0.444 e. The van der Waals surface area contributed by atoms with Gasteiger partial charge in [0.1, 0.15) is 5.60 Å². The molecule has 0 bridgehead atoms. The number of hydrogen-bond donors (Lipinski definition) is 0. The van der Waals surface area contributed by atoms with Gasteiger partial charge in [0.25, 0.3) is 0 Å². The smallest absolute Gasteiger partial charge is 0.410 e. The molecule has 154 valence electrons. The zero-order valence-corrected chi connectivity index (χ0v) is 18.4. The molecule has 1 amide bonds. The molecule has 0 radical (unpaired) electrons. The Morgan fingerprint density at radius 1 is 1.19 bits per heavy atom. The number of carbonyl (C=O) groups is 1. The van der Waals surface area contributed by atoms with Crippen molar-refractivity contribution in [2.24, 2.45) is 5.92 Å². The zero-order chi connectivity index (χ0) is 19.5. The predicted octanol–water partition coefficient (Wildman–Crippen LogP) is 3.69. The van der Waals surface area contributed by atoms with Crippen LogP contribution >= 0.6 is 12.4 Å². The summed E-state index contributed by atoms with van der Waals surface area (Å²) in [5.41, 5.74) is 1.39. The highest BCUT2D eigenvalue weighted by atomic mass is 35.5. The molecule has 1 aromatic rings. The van der Waals surface area contributed by atoms with Gasteiger partial charge in [-0.15, -0.1) is 12.4 Å². The van der Waals surface area contributed by atoms with E-state index in [1.54, 1.807) is 11.9 Å². The van der Waals surface area contributed by atoms with Gasteiger partial charge in [-0.3, -0.25) is 4.31 Å². The summed E-state index contributed by atoms with van der Waals surface area (Å²) in [6.45, 7) is 7.07. The lowest BCUT2D eigenvalue weighted by molar-refractivity contribution is 0.0184. The number of ether oxygens (including phenoxy) is 1. The van der Waals surface area contributed by atoms with Crippen LogP contribution in [-0.4, -0.2) is 51.4 Å². The Hall–Kier alpha value is -1.47. The monoisotopic (exact) mass is 418 g/mol. The van der Waals surface area contributed by atoms with E-state index in [-0.39, 0.29) is 18.5 Å². The van der Waals surface area contributed by atoms with Crippen LogP contribution in [0.4, 0.5) is 10.5 Å². The Labute approximate surface area is 169 Å². The summed E-state index contributed by atoms with van der Waals surface area (Å²) in [6.07, 6.45) is 3.79. The van der Waals surface area contributed by atoms with E-state index in [2.05, 4.69) is 0 Å². The van der Waals surface area contributed by atoms with Gasteiger partial charge in [0.05, 0.1) is 11.9 Å². The molecular weight excluding hydrogens is 388 g/mol. The molecule has 1 aliphatic heterocycles. The maximum atomic E-state index is 12.1. The largest absolute Gasteiger partial charge is 0.444 e. The fourth-order valence-corrected chi connectivity index (χ4v) is 3.52. The maximum Gasteiger partial charge on any atom is 0.410 e. The average molecular weight is 419 g/mol. The van der Waals surface area contributed by atoms with Gasteiger partial charge in [0, 0.05) is 20.1 Å². The molecule has 1 heterocycles. The molecule has 0 aromatic heterocycles. The molecule has 27 heavy (non-hydrogen) atoms. The Morgan fingerprint density at radius 3 is 2.15 bits per heavy atom. The number of hydrogen-bond acceptors (Lipinski definition) is 4. The van der Waals surface area contributed by atoms with Crippen LogP contribution in [0.5, 0.6) is 0 Å². The molecule has 6 nitrogen and oxygen atoms in total. The number of nitrogens with zero attached hydrogens (tertiary/aromatic N) is 2. The first kappa shape index (κ1) is 23.6. The Balaban J connectivity index is 0.00000364. The summed E-state index contributed by atoms with van der Waals surface area (Å²) in [7, 11) is -1.69. The molecule has 8 heteroatoms. The van der Waals surface area contributed by atoms with Crippen molar-refractivity contribution in [3.63, 3.8) is 0 Å². The second-order valence-electron chi connectivity index (χ2n) is 8.01. The average Bonchev–Trinajstić information content (AvgIpc) is 2.53. The Bertz CT molecular complexity index is 721. The second kappa shape index (κ2) is 9.15. The van der Waals surface area contributed by atoms with Crippen LogP contribution in [0.3, 0.4) is 0 Å². The van der Waals surface area contributed by atoms with E-state index < -0.39 is 15.6 Å². The summed E-state index contributed by atoms with van der Waals surface area (Å²) in [5.74, 6) is 0.521. The van der Waals surface area contributed by atoms with Gasteiger partial charge in [-0.25, -0.2) is 13.2 Å². The SMILES string of the molecule is CN(c1ccc(CC2CCN(C(=O)OC(C)(C)C)CC2)cc1)S(C)(=O)=O.Cl. The summed E-state index contributed by atoms with van der Waals surface area (Å²) < 4.78 is 29.9. The fraction of sp³-hybridized carbons (Fsp3) is 0.632. The first-order valence-corrected chi connectivity index (χ1v) is 10.8. The predicted molar refractivity (Wildman–Crippen MR) is 111 cm³/mol. The van der Waals surface area contributed by atoms with Gasteiger partial charge in [0.2, 0.25) is 10.0 Å². The number of amides is 1. The molecular formula is C19H31ClN2O4S. The lowest BCUT2D eigenvalue weighted by atomic mass is 9.90. The van der Waals surface area contributed by atoms with Crippen molar-refractivity contribution in [3.05, 3.63) is 29.8 Å². The molecule has 0 spiro atoms. The molecule has 0 aliphatic carbocycles. The second-order valence-corrected chi connectivity index (χ2v) is 10.0. The van der Waals surface area contributed by atoms with Crippen LogP contribution in [0.15, 0.2) is 24.3 Å². The molecule has 1 fully saturated rings. The first-order chi connectivity index (χ1) is 12.0. The van der Waals surface area contributed by atoms with E-state index >= 15 is 0 Å². The molecule has 1 aromatic carbocycles. The number of halogens is 1. The molecule has 2 rings (SSSR count). The summed E-state index contributed by atoms with van der Waals surface area (Å²) in [5, 5.41) is 0. The molecule has 1 saturated heterocycles. The third kappa shape index (κ3) is 7.22. The molecule has 0 saturated carbocycles. The minimum atomic E-state index is -3.24. The first-order valence-electron chi connectivity index (χ1n) is 8.96. The number of benzene rings is 1. The van der Waals surface area contributed by atoms with Crippen LogP contribution in [-0.2, 0) is 21.2 Å². The highest BCUT2D eigenvalue weighted by molar-refractivity contribution is 7.92. The van der Waals surface area contributed by atoms with Gasteiger partial charge in [-0.1, -0.05) is 12.1 Å². The van der Waals surface area contributed by atoms with E-state index in [0.717, 1.165) is 19.3 Å². The fourth-order valence-electron chi connectivity index (χ4n) is 3.01. The zero-order valence-electron chi connectivity index (χ0n) is 16.8. The van der Waals surface area contributed by atoms with Gasteiger partial charge in [-0.05, 0) is 63.6 Å². The van der Waals surface area contributed by atoms with Crippen molar-refractivity contribution >= 4 is 34.2 Å². The number of anilines is 1. The number of carbonyl (C=O) groups excluding carboxylic acids is 1. The Morgan fingerprint density at radius 2 is 1.70 bits per heavy atom. The van der Waals surface area contributed by atoms with Gasteiger partial charge >= 0.3 is 6.09 Å². The van der Waals surface area contributed by atoms with E-state index in [0.29, 0.717) is 24.7 Å². The third-order valence-corrected chi connectivity index (χ3v) is 5.79. The summed E-state index contributed by atoms with van der Waals surface area (Å²) in [6, 6.07) is 7.65. The lowest BCUT2D eigenvalue weighted by Gasteiger charge is -2.33. The van der Waals surface area contributed by atoms with Crippen LogP contribution in [0, 0.1) is 5.92 Å². The van der Waals surface area contributed by atoms with Gasteiger partial charge in [0.15, 0.2) is 0 Å². The minimum absolute atomic E-state index is 0. The molecule has 0 unspecified atom stereocenters. The van der Waals surface area contributed by atoms with E-state index in [1.165, 1.54) is 16.1 Å². The van der Waals surface area contributed by atoms with Crippen LogP contribution in [0.1, 0.15) is 39.2 Å². The summed E-state index contributed by atoms with van der Waals surface area (Å²) in [4.78, 5) is 13.9. The standard InChI is InChI=1S/C19H30N2O4S.ClH/c1-19(2,3)25-18(22)21-12-10-16(11-13-21)14-15-6-8-17(9-7-15)20(4)26(5,23)24;/h6-9,16H,10-14H2,1-5H3;1H. The van der Waals surface area contributed by atoms with Crippen molar-refractivity contribution < 1.29 is 17.9 Å². The summed E-state index contributed by atoms with van der Waals surface area (Å²) >= 11 is 0. The van der Waals surface area contributed by atoms with Gasteiger partial charge < -0.3 is 9.64 Å². The van der Waals surface area contributed by atoms with Gasteiger partial charge in [-0.2, -0.15) is 0 Å². The van der Waals surface area contributed by atoms with Crippen LogP contribution < -0.4 is 4.31 Å². The quantitative estimate of drug-likeness (QED) is 0.747. The van der Waals surface area contributed by atoms with E-state index in [1.807, 2.05) is 45.0 Å². The highest BCUT2D eigenvalue weighted by Gasteiger charge is 2.26. The topological polar surface area (TPSA) is 66.9 Å².